The van der Waals surface area contributed by atoms with E-state index in [0.717, 1.165) is 0 Å². The number of aryl methyl sites for hydroxylation is 1. The second kappa shape index (κ2) is 8.34. The van der Waals surface area contributed by atoms with Gasteiger partial charge in [0.2, 0.25) is 5.95 Å². The Kier molecular flexibility index (Phi) is 5.25. The summed E-state index contributed by atoms with van der Waals surface area (Å²) in [6.45, 7) is 0.829. The van der Waals surface area contributed by atoms with Crippen LogP contribution in [0.4, 0.5) is 24.9 Å². The highest BCUT2D eigenvalue weighted by Gasteiger charge is 2.47. The van der Waals surface area contributed by atoms with Crippen LogP contribution >= 0.6 is 0 Å². The van der Waals surface area contributed by atoms with Gasteiger partial charge in [0.05, 0.1) is 50.4 Å². The van der Waals surface area contributed by atoms with Crippen molar-refractivity contribution in [3.63, 3.8) is 0 Å². The first-order valence-corrected chi connectivity index (χ1v) is 11.4. The number of halogens is 3. The number of nitrogens with one attached hydrogen (secondary N) is 1. The van der Waals surface area contributed by atoms with Crippen LogP contribution in [-0.4, -0.2) is 85.0 Å². The number of anilines is 2. The van der Waals surface area contributed by atoms with Gasteiger partial charge in [-0.3, -0.25) is 4.90 Å². The smallest absolute Gasteiger partial charge is 0.280 e. The molecular weight excluding hydrogens is 463 g/mol. The lowest BCUT2D eigenvalue weighted by molar-refractivity contribution is -0.131. The molecule has 0 amide bonds. The first-order valence-electron chi connectivity index (χ1n) is 11.4. The van der Waals surface area contributed by atoms with Gasteiger partial charge in [0.25, 0.3) is 5.92 Å². The zero-order valence-corrected chi connectivity index (χ0v) is 18.7. The average Bonchev–Trinajstić information content (AvgIpc) is 3.39. The first kappa shape index (κ1) is 22.0. The molecule has 2 saturated heterocycles. The number of aromatic nitrogens is 6. The van der Waals surface area contributed by atoms with E-state index in [-0.39, 0.29) is 37.3 Å². The van der Waals surface area contributed by atoms with Crippen LogP contribution in [0.3, 0.4) is 0 Å². The zero-order valence-electron chi connectivity index (χ0n) is 18.7. The molecule has 0 bridgehead atoms. The second-order valence-electron chi connectivity index (χ2n) is 8.92. The minimum atomic E-state index is -2.95. The molecule has 35 heavy (non-hydrogen) atoms. The van der Waals surface area contributed by atoms with Gasteiger partial charge in [-0.15, -0.1) is 5.10 Å². The molecule has 0 spiro atoms. The molecule has 0 aromatic carbocycles. The maximum atomic E-state index is 14.9. The number of fused-ring (bicyclic) bond motifs is 2. The van der Waals surface area contributed by atoms with E-state index in [9.17, 15) is 13.2 Å². The number of hydrogen-bond acceptors (Lipinski definition) is 8. The number of nitrogens with two attached hydrogens (primary N) is 1. The number of rotatable bonds is 6. The Bertz CT molecular complexity index is 1380. The van der Waals surface area contributed by atoms with Crippen LogP contribution in [0.5, 0.6) is 0 Å². The zero-order chi connectivity index (χ0) is 24.2. The normalized spacial score (nSPS) is 20.9. The number of pyridine rings is 1. The SMILES string of the molecule is Nc1nc(N[C@@H]2CCN(C3COC3)CC2(F)F)nn2ccc(-c3ccc4ncn(CCF)c4n3)c12. The molecule has 0 radical (unpaired) electrons. The summed E-state index contributed by atoms with van der Waals surface area (Å²) < 4.78 is 50.9. The van der Waals surface area contributed by atoms with Crippen LogP contribution in [0.25, 0.3) is 27.9 Å². The van der Waals surface area contributed by atoms with E-state index in [1.807, 2.05) is 0 Å². The molecule has 10 nitrogen and oxygen atoms in total. The van der Waals surface area contributed by atoms with Gasteiger partial charge in [-0.2, -0.15) is 4.98 Å². The number of nitrogen functional groups attached to an aromatic ring is 1. The Labute approximate surface area is 197 Å². The number of alkyl halides is 3. The number of imidazole rings is 1. The summed E-state index contributed by atoms with van der Waals surface area (Å²) in [4.78, 5) is 14.9. The monoisotopic (exact) mass is 487 g/mol. The highest BCUT2D eigenvalue weighted by Crippen LogP contribution is 2.33. The fourth-order valence-corrected chi connectivity index (χ4v) is 4.71. The van der Waals surface area contributed by atoms with Gasteiger partial charge < -0.3 is 20.4 Å². The van der Waals surface area contributed by atoms with Gasteiger partial charge in [-0.25, -0.2) is 27.7 Å². The molecule has 2 fully saturated rings. The second-order valence-corrected chi connectivity index (χ2v) is 8.92. The fraction of sp³-hybridized carbons (Fsp3) is 0.455. The summed E-state index contributed by atoms with van der Waals surface area (Å²) in [5.41, 5.74) is 9.23. The van der Waals surface area contributed by atoms with Gasteiger partial charge in [-0.05, 0) is 24.6 Å². The van der Waals surface area contributed by atoms with Crippen molar-refractivity contribution in [2.24, 2.45) is 0 Å². The fourth-order valence-electron chi connectivity index (χ4n) is 4.71. The third-order valence-corrected chi connectivity index (χ3v) is 6.67. The largest absolute Gasteiger partial charge is 0.382 e. The Hall–Kier alpha value is -3.45. The predicted octanol–water partition coefficient (Wildman–Crippen LogP) is 2.21. The van der Waals surface area contributed by atoms with E-state index in [1.165, 1.54) is 4.52 Å². The van der Waals surface area contributed by atoms with Crippen molar-refractivity contribution in [1.82, 2.24) is 34.0 Å². The highest BCUT2D eigenvalue weighted by atomic mass is 19.3. The van der Waals surface area contributed by atoms with Crippen molar-refractivity contribution in [3.05, 3.63) is 30.7 Å². The molecule has 2 aliphatic rings. The average molecular weight is 487 g/mol. The van der Waals surface area contributed by atoms with Gasteiger partial charge in [0, 0.05) is 18.3 Å². The third-order valence-electron chi connectivity index (χ3n) is 6.67. The number of likely N-dealkylation sites (tertiary alicyclic amines) is 1. The third kappa shape index (κ3) is 3.84. The molecule has 2 aliphatic heterocycles. The summed E-state index contributed by atoms with van der Waals surface area (Å²) in [6.07, 6.45) is 3.47. The van der Waals surface area contributed by atoms with Crippen LogP contribution in [0.2, 0.25) is 0 Å². The standard InChI is InChI=1S/C22H24F3N9O/c23-5-8-33-12-27-16-2-1-15(28-20(16)33)14-3-7-34-18(14)19(26)30-21(31-34)29-17-4-6-32(11-22(17,24)25)13-9-35-10-13/h1-3,7,12-13,17H,4-6,8-11H2,(H3,26,29,30,31)/t17-/m1/s1. The topological polar surface area (TPSA) is 111 Å². The van der Waals surface area contributed by atoms with Crippen molar-refractivity contribution in [1.29, 1.82) is 0 Å². The highest BCUT2D eigenvalue weighted by molar-refractivity contribution is 5.88. The molecular formula is C22H24F3N9O. The van der Waals surface area contributed by atoms with E-state index in [2.05, 4.69) is 25.4 Å². The lowest BCUT2D eigenvalue weighted by Crippen LogP contribution is -2.61. The van der Waals surface area contributed by atoms with Gasteiger partial charge in [0.15, 0.2) is 11.5 Å². The summed E-state index contributed by atoms with van der Waals surface area (Å²) in [7, 11) is 0. The minimum Gasteiger partial charge on any atom is -0.382 e. The molecule has 0 saturated carbocycles. The summed E-state index contributed by atoms with van der Waals surface area (Å²) >= 11 is 0. The Morgan fingerprint density at radius 3 is 2.80 bits per heavy atom. The van der Waals surface area contributed by atoms with E-state index < -0.39 is 18.6 Å². The van der Waals surface area contributed by atoms with Crippen molar-refractivity contribution >= 4 is 28.4 Å². The molecule has 4 aromatic rings. The first-order chi connectivity index (χ1) is 16.9. The van der Waals surface area contributed by atoms with Crippen LogP contribution < -0.4 is 11.1 Å². The summed E-state index contributed by atoms with van der Waals surface area (Å²) in [5.74, 6) is -2.79. The lowest BCUT2D eigenvalue weighted by atomic mass is 9.98. The van der Waals surface area contributed by atoms with Crippen molar-refractivity contribution in [2.45, 2.75) is 31.0 Å². The van der Waals surface area contributed by atoms with Crippen molar-refractivity contribution in [3.8, 4) is 11.3 Å². The summed E-state index contributed by atoms with van der Waals surface area (Å²) in [5, 5.41) is 7.17. The van der Waals surface area contributed by atoms with Crippen LogP contribution in [0.15, 0.2) is 30.7 Å². The maximum absolute atomic E-state index is 14.9. The van der Waals surface area contributed by atoms with Crippen molar-refractivity contribution in [2.75, 3.05) is 44.0 Å². The molecule has 0 unspecified atom stereocenters. The van der Waals surface area contributed by atoms with Gasteiger partial charge in [-0.1, -0.05) is 0 Å². The van der Waals surface area contributed by atoms with E-state index in [1.54, 1.807) is 40.2 Å². The number of nitrogens with zero attached hydrogens (tertiary/aromatic N) is 7. The van der Waals surface area contributed by atoms with E-state index in [0.29, 0.717) is 47.7 Å². The lowest BCUT2D eigenvalue weighted by Gasteiger charge is -2.44. The van der Waals surface area contributed by atoms with Gasteiger partial charge >= 0.3 is 0 Å². The number of piperidine rings is 1. The van der Waals surface area contributed by atoms with Crippen LogP contribution in [-0.2, 0) is 11.3 Å². The quantitative estimate of drug-likeness (QED) is 0.426. The Balaban J connectivity index is 1.27. The molecule has 4 aromatic heterocycles. The molecule has 6 rings (SSSR count). The maximum Gasteiger partial charge on any atom is 0.280 e. The number of hydrogen-bond donors (Lipinski definition) is 2. The van der Waals surface area contributed by atoms with E-state index >= 15 is 0 Å². The predicted molar refractivity (Wildman–Crippen MR) is 123 cm³/mol. The van der Waals surface area contributed by atoms with Crippen LogP contribution in [0.1, 0.15) is 6.42 Å². The molecule has 13 heteroatoms. The molecule has 1 atom stereocenters. The molecule has 184 valence electrons. The van der Waals surface area contributed by atoms with Crippen LogP contribution in [0, 0.1) is 0 Å². The van der Waals surface area contributed by atoms with E-state index in [4.69, 9.17) is 10.5 Å². The van der Waals surface area contributed by atoms with Crippen molar-refractivity contribution < 1.29 is 17.9 Å². The number of ether oxygens (including phenoxy) is 1. The minimum absolute atomic E-state index is 0.0340. The molecule has 0 aliphatic carbocycles. The Morgan fingerprint density at radius 1 is 1.20 bits per heavy atom. The molecule has 6 heterocycles. The molecule has 3 N–H and O–H groups in total. The summed E-state index contributed by atoms with van der Waals surface area (Å²) in [6, 6.07) is 4.32. The van der Waals surface area contributed by atoms with Gasteiger partial charge in [0.1, 0.15) is 17.7 Å². The Morgan fingerprint density at radius 2 is 2.06 bits per heavy atom.